The minimum absolute atomic E-state index is 0.0141. The Morgan fingerprint density at radius 1 is 0.643 bits per heavy atom. The average molecular weight is 1130 g/mol. The molecular formula is C65H65N9O10. The molecule has 5 aliphatic heterocycles. The summed E-state index contributed by atoms with van der Waals surface area (Å²) < 4.78 is 36.7. The van der Waals surface area contributed by atoms with E-state index < -0.39 is 29.7 Å². The molecule has 84 heavy (non-hydrogen) atoms. The second-order valence-corrected chi connectivity index (χ2v) is 23.7. The first-order valence-corrected chi connectivity index (χ1v) is 28.6. The smallest absolute Gasteiger partial charge is 0.262 e. The minimum Gasteiger partial charge on any atom is -0.497 e. The Labute approximate surface area is 486 Å². The first-order chi connectivity index (χ1) is 40.6. The van der Waals surface area contributed by atoms with Gasteiger partial charge in [-0.25, -0.2) is 19.9 Å². The number of piperidine rings is 1. The molecule has 13 rings (SSSR count). The van der Waals surface area contributed by atoms with Crippen LogP contribution in [0.4, 0.5) is 17.3 Å². The molecule has 1 spiro atoms. The van der Waals surface area contributed by atoms with Crippen molar-refractivity contribution in [1.29, 1.82) is 0 Å². The number of aromatic nitrogens is 4. The fourth-order valence-corrected chi connectivity index (χ4v) is 12.4. The quantitative estimate of drug-likeness (QED) is 0.0815. The zero-order valence-corrected chi connectivity index (χ0v) is 47.4. The molecule has 5 aromatic carbocycles. The molecular weight excluding hydrogens is 1070 g/mol. The Bertz CT molecular complexity index is 3630. The minimum atomic E-state index is -1.00. The molecule has 0 radical (unpaired) electrons. The molecule has 19 heteroatoms. The van der Waals surface area contributed by atoms with Crippen LogP contribution in [-0.4, -0.2) is 125 Å². The highest BCUT2D eigenvalue weighted by Crippen LogP contribution is 2.48. The lowest BCUT2D eigenvalue weighted by atomic mass is 9.69. The van der Waals surface area contributed by atoms with Gasteiger partial charge in [-0.2, -0.15) is 0 Å². The van der Waals surface area contributed by atoms with E-state index in [1.54, 1.807) is 44.0 Å². The molecule has 4 saturated heterocycles. The Balaban J connectivity index is 0.555. The van der Waals surface area contributed by atoms with Crippen LogP contribution in [0.5, 0.6) is 34.8 Å². The highest BCUT2D eigenvalue weighted by atomic mass is 16.6. The van der Waals surface area contributed by atoms with Crippen LogP contribution in [0.1, 0.15) is 96.3 Å². The van der Waals surface area contributed by atoms with Gasteiger partial charge in [-0.3, -0.25) is 29.4 Å². The Morgan fingerprint density at radius 2 is 1.26 bits per heavy atom. The van der Waals surface area contributed by atoms with Crippen LogP contribution >= 0.6 is 0 Å². The summed E-state index contributed by atoms with van der Waals surface area (Å²) in [6, 6.07) is 38.7. The highest BCUT2D eigenvalue weighted by molar-refractivity contribution is 6.23. The van der Waals surface area contributed by atoms with Gasteiger partial charge in [0.05, 0.1) is 55.4 Å². The van der Waals surface area contributed by atoms with Gasteiger partial charge in [-0.1, -0.05) is 76.2 Å². The number of amides is 4. The number of nitrogens with zero attached hydrogens (tertiary/aromatic N) is 7. The molecule has 7 aromatic rings. The van der Waals surface area contributed by atoms with E-state index in [1.165, 1.54) is 11.1 Å². The van der Waals surface area contributed by atoms with Crippen LogP contribution in [0.25, 0.3) is 0 Å². The molecule has 2 aromatic heterocycles. The normalized spacial score (nSPS) is 21.9. The highest BCUT2D eigenvalue weighted by Gasteiger charge is 2.60. The summed E-state index contributed by atoms with van der Waals surface area (Å²) in [5.74, 6) is 3.32. The van der Waals surface area contributed by atoms with Crippen molar-refractivity contribution in [3.63, 3.8) is 0 Å². The molecule has 0 bridgehead atoms. The first kappa shape index (κ1) is 54.3. The van der Waals surface area contributed by atoms with Crippen molar-refractivity contribution < 1.29 is 47.6 Å². The topological polar surface area (TPSA) is 209 Å². The molecule has 2 N–H and O–H groups in total. The summed E-state index contributed by atoms with van der Waals surface area (Å²) in [4.78, 5) is 74.4. The van der Waals surface area contributed by atoms with Crippen molar-refractivity contribution in [3.05, 3.63) is 173 Å². The number of nitrogens with one attached hydrogen (secondary N) is 2. The summed E-state index contributed by atoms with van der Waals surface area (Å²) in [6.45, 7) is 12.9. The third kappa shape index (κ3) is 10.4. The van der Waals surface area contributed by atoms with Gasteiger partial charge >= 0.3 is 0 Å². The third-order valence-corrected chi connectivity index (χ3v) is 17.7. The van der Waals surface area contributed by atoms with Crippen molar-refractivity contribution in [2.75, 3.05) is 61.6 Å². The molecule has 7 heterocycles. The number of carbonyl (C=O) groups excluding carboxylic acids is 4. The van der Waals surface area contributed by atoms with Crippen molar-refractivity contribution >= 4 is 41.0 Å². The van der Waals surface area contributed by atoms with Gasteiger partial charge in [-0.15, -0.1) is 0 Å². The van der Waals surface area contributed by atoms with Crippen LogP contribution in [0.15, 0.2) is 140 Å². The number of benzene rings is 5. The van der Waals surface area contributed by atoms with E-state index in [0.29, 0.717) is 55.2 Å². The summed E-state index contributed by atoms with van der Waals surface area (Å²) in [5.41, 5.74) is 5.25. The number of hydrogen-bond donors (Lipinski definition) is 2. The number of rotatable bonds is 17. The van der Waals surface area contributed by atoms with Gasteiger partial charge < -0.3 is 43.5 Å². The molecule has 430 valence electrons. The van der Waals surface area contributed by atoms with Crippen LogP contribution in [0, 0.1) is 5.41 Å². The second-order valence-electron chi connectivity index (χ2n) is 23.7. The molecule has 5 fully saturated rings. The standard InChI is InChI=1S/C65H65N9O10/c1-63(2,39-6-15-45(79-5)16-7-39)41-10-19-47(20-11-41)83-57-31-54(68-38-69-57)73-35-65(36-73)37-81-59(65)53-34-72(26-27-80-53)55-32-67-58(33-66-55)84-48-21-12-42(13-22-48)64(3,4)40-8-17-46(18-9-40)82-49-28-44(29-49)70-43-14-23-50-51(30-43)62(78)74(61(50)77)52-24-25-56(75)71-60(52)76/h6-23,30-33,38,44,49,52-53,59,70H,24-29,34-37H2,1-5H3,(H,71,75,76). The lowest BCUT2D eigenvalue weighted by Crippen LogP contribution is -2.75. The number of carbonyl (C=O) groups is 4. The number of ether oxygens (including phenoxy) is 6. The lowest BCUT2D eigenvalue weighted by Gasteiger charge is -2.62. The van der Waals surface area contributed by atoms with Crippen molar-refractivity contribution in [3.8, 4) is 34.8 Å². The zero-order valence-electron chi connectivity index (χ0n) is 47.4. The van der Waals surface area contributed by atoms with E-state index in [1.807, 2.05) is 54.6 Å². The summed E-state index contributed by atoms with van der Waals surface area (Å²) in [5, 5.41) is 5.69. The number of morpholine rings is 1. The van der Waals surface area contributed by atoms with Gasteiger partial charge in [0.2, 0.25) is 23.6 Å². The second kappa shape index (κ2) is 21.7. The van der Waals surface area contributed by atoms with Crippen LogP contribution in [0.3, 0.4) is 0 Å². The monoisotopic (exact) mass is 1130 g/mol. The first-order valence-electron chi connectivity index (χ1n) is 28.6. The van der Waals surface area contributed by atoms with E-state index in [-0.39, 0.29) is 64.6 Å². The van der Waals surface area contributed by atoms with Crippen molar-refractivity contribution in [2.45, 2.75) is 94.6 Å². The molecule has 19 nitrogen and oxygen atoms in total. The van der Waals surface area contributed by atoms with E-state index >= 15 is 0 Å². The summed E-state index contributed by atoms with van der Waals surface area (Å²) in [6.07, 6.45) is 6.48. The molecule has 3 unspecified atom stereocenters. The van der Waals surface area contributed by atoms with E-state index in [9.17, 15) is 19.2 Å². The summed E-state index contributed by atoms with van der Waals surface area (Å²) >= 11 is 0. The van der Waals surface area contributed by atoms with Gasteiger partial charge in [0, 0.05) is 74.1 Å². The maximum atomic E-state index is 13.3. The third-order valence-electron chi connectivity index (χ3n) is 17.7. The lowest BCUT2D eigenvalue weighted by molar-refractivity contribution is -0.246. The van der Waals surface area contributed by atoms with Gasteiger partial charge in [-0.05, 0) is 95.4 Å². The number of methoxy groups -OCH3 is 1. The molecule has 4 amide bonds. The number of imide groups is 2. The Hall–Kier alpha value is -8.94. The largest absolute Gasteiger partial charge is 0.497 e. The van der Waals surface area contributed by atoms with Crippen molar-refractivity contribution in [1.82, 2.24) is 30.2 Å². The van der Waals surface area contributed by atoms with Crippen LogP contribution < -0.4 is 39.4 Å². The van der Waals surface area contributed by atoms with Crippen LogP contribution in [0.2, 0.25) is 0 Å². The molecule has 3 atom stereocenters. The maximum Gasteiger partial charge on any atom is 0.262 e. The molecule has 1 aliphatic carbocycles. The van der Waals surface area contributed by atoms with Crippen molar-refractivity contribution in [2.24, 2.45) is 5.41 Å². The number of anilines is 3. The fourth-order valence-electron chi connectivity index (χ4n) is 12.4. The Morgan fingerprint density at radius 3 is 1.86 bits per heavy atom. The summed E-state index contributed by atoms with van der Waals surface area (Å²) in [7, 11) is 1.68. The number of fused-ring (bicyclic) bond motifs is 1. The predicted octanol–water partition coefficient (Wildman–Crippen LogP) is 9.05. The van der Waals surface area contributed by atoms with E-state index in [4.69, 9.17) is 33.4 Å². The SMILES string of the molecule is COc1ccc(C(C)(C)c2ccc(Oc3cc(N4CC5(COC5C5CN(c6cnc(Oc7ccc(C(C)(C)c8ccc(OC9CC(Nc%10ccc%11c(c%10)C(=O)N(C%10CCC(=O)NC%10=O)C%11=O)C9)cc8)cc7)cn6)CCO5)C4)ncn3)cc2)cc1. The Kier molecular flexibility index (Phi) is 14.0. The van der Waals surface area contributed by atoms with E-state index in [2.05, 4.69) is 112 Å². The van der Waals surface area contributed by atoms with E-state index in [0.717, 1.165) is 65.1 Å². The molecule has 6 aliphatic rings. The molecule has 1 saturated carbocycles. The van der Waals surface area contributed by atoms with Gasteiger partial charge in [0.25, 0.3) is 11.8 Å². The van der Waals surface area contributed by atoms with Gasteiger partial charge in [0.15, 0.2) is 0 Å². The zero-order chi connectivity index (χ0) is 57.9. The predicted molar refractivity (Wildman–Crippen MR) is 311 cm³/mol. The van der Waals surface area contributed by atoms with Crippen LogP contribution in [-0.2, 0) is 29.9 Å². The van der Waals surface area contributed by atoms with Gasteiger partial charge in [0.1, 0.15) is 59.2 Å². The fraction of sp³-hybridized carbons (Fsp3) is 0.354. The average Bonchev–Trinajstić information content (AvgIpc) is 0.979. The maximum absolute atomic E-state index is 13.3. The number of hydrogen-bond acceptors (Lipinski definition) is 17.